The summed E-state index contributed by atoms with van der Waals surface area (Å²) in [6.45, 7) is 6.66. The maximum atomic E-state index is 4.30. The number of rotatable bonds is 2. The third kappa shape index (κ3) is 2.14. The molecular formula is C9H14BN. The molecule has 1 rings (SSSR count). The Morgan fingerprint density at radius 1 is 1.36 bits per heavy atom. The SMILES string of the molecule is CC(C)C(C)c1cccbn1. The van der Waals surface area contributed by atoms with Crippen molar-refractivity contribution in [3.05, 3.63) is 23.8 Å². The fourth-order valence-electron chi connectivity index (χ4n) is 0.987. The van der Waals surface area contributed by atoms with Gasteiger partial charge in [-0.25, -0.2) is 0 Å². The van der Waals surface area contributed by atoms with Gasteiger partial charge in [0.05, 0.1) is 0 Å². The first kappa shape index (κ1) is 8.44. The molecular weight excluding hydrogens is 133 g/mol. The molecule has 1 atom stereocenters. The van der Waals surface area contributed by atoms with Crippen molar-refractivity contribution in [1.29, 1.82) is 0 Å². The average Bonchev–Trinajstić information content (AvgIpc) is 2.05. The van der Waals surface area contributed by atoms with Crippen LogP contribution in [0.2, 0.25) is 0 Å². The van der Waals surface area contributed by atoms with Crippen LogP contribution >= 0.6 is 0 Å². The van der Waals surface area contributed by atoms with E-state index < -0.39 is 0 Å². The molecule has 1 aromatic rings. The van der Waals surface area contributed by atoms with E-state index in [-0.39, 0.29) is 0 Å². The van der Waals surface area contributed by atoms with Gasteiger partial charge in [0.15, 0.2) is 0 Å². The van der Waals surface area contributed by atoms with Crippen molar-refractivity contribution in [3.63, 3.8) is 0 Å². The van der Waals surface area contributed by atoms with Gasteiger partial charge in [-0.15, -0.1) is 0 Å². The first-order valence-corrected chi connectivity index (χ1v) is 4.12. The second-order valence-corrected chi connectivity index (χ2v) is 3.29. The monoisotopic (exact) mass is 147 g/mol. The summed E-state index contributed by atoms with van der Waals surface area (Å²) in [6, 6.07) is 4.13. The van der Waals surface area contributed by atoms with E-state index in [0.29, 0.717) is 11.8 Å². The van der Waals surface area contributed by atoms with Gasteiger partial charge >= 0.3 is 68.3 Å². The second kappa shape index (κ2) is 3.65. The van der Waals surface area contributed by atoms with Crippen molar-refractivity contribution >= 4 is 7.05 Å². The van der Waals surface area contributed by atoms with Gasteiger partial charge in [0.25, 0.3) is 0 Å². The van der Waals surface area contributed by atoms with E-state index in [1.54, 1.807) is 0 Å². The summed E-state index contributed by atoms with van der Waals surface area (Å²) in [5.74, 6) is 3.19. The van der Waals surface area contributed by atoms with Crippen LogP contribution in [0, 0.1) is 5.92 Å². The topological polar surface area (TPSA) is 12.9 Å². The molecule has 0 saturated heterocycles. The van der Waals surface area contributed by atoms with Crippen molar-refractivity contribution in [2.45, 2.75) is 26.7 Å². The predicted molar refractivity (Wildman–Crippen MR) is 48.8 cm³/mol. The van der Waals surface area contributed by atoms with Gasteiger partial charge in [0.1, 0.15) is 0 Å². The predicted octanol–water partition coefficient (Wildman–Crippen LogP) is 2.18. The number of hydrogen-bond acceptors (Lipinski definition) is 1. The molecule has 0 aliphatic heterocycles. The molecule has 0 fully saturated rings. The third-order valence-corrected chi connectivity index (χ3v) is 2.15. The van der Waals surface area contributed by atoms with E-state index in [2.05, 4.69) is 31.7 Å². The molecule has 0 aromatic carbocycles. The summed E-state index contributed by atoms with van der Waals surface area (Å²) in [6.07, 6.45) is 0. The minimum atomic E-state index is 0.566. The zero-order chi connectivity index (χ0) is 8.27. The molecule has 1 aromatic heterocycles. The molecule has 58 valence electrons. The van der Waals surface area contributed by atoms with E-state index >= 15 is 0 Å². The third-order valence-electron chi connectivity index (χ3n) is 2.15. The molecule has 0 aliphatic carbocycles. The van der Waals surface area contributed by atoms with Gasteiger partial charge in [-0.05, 0) is 0 Å². The minimum absolute atomic E-state index is 0.566. The molecule has 11 heavy (non-hydrogen) atoms. The standard InChI is InChI=1S/C9H14BN/c1-7(2)8(3)9-5-4-6-10-11-9/h4-8H,1-3H3. The summed E-state index contributed by atoms with van der Waals surface area (Å²) in [5.41, 5.74) is 1.20. The van der Waals surface area contributed by atoms with Crippen LogP contribution in [-0.4, -0.2) is 11.9 Å². The van der Waals surface area contributed by atoms with Gasteiger partial charge in [-0.1, -0.05) is 0 Å². The average molecular weight is 147 g/mol. The van der Waals surface area contributed by atoms with Crippen LogP contribution in [-0.2, 0) is 0 Å². The Morgan fingerprint density at radius 2 is 2.09 bits per heavy atom. The Morgan fingerprint density at radius 3 is 2.55 bits per heavy atom. The maximum absolute atomic E-state index is 4.30. The Hall–Kier alpha value is -0.655. The molecule has 1 nitrogen and oxygen atoms in total. The molecule has 0 bridgehead atoms. The molecule has 0 N–H and O–H groups in total. The van der Waals surface area contributed by atoms with Crippen LogP contribution in [0.4, 0.5) is 0 Å². The van der Waals surface area contributed by atoms with Crippen molar-refractivity contribution < 1.29 is 0 Å². The van der Waals surface area contributed by atoms with Gasteiger partial charge in [0.2, 0.25) is 0 Å². The molecule has 0 amide bonds. The van der Waals surface area contributed by atoms with Crippen LogP contribution in [0.25, 0.3) is 0 Å². The van der Waals surface area contributed by atoms with Crippen LogP contribution in [0.15, 0.2) is 18.1 Å². The van der Waals surface area contributed by atoms with E-state index in [1.807, 2.05) is 19.1 Å². The molecule has 0 spiro atoms. The van der Waals surface area contributed by atoms with Crippen LogP contribution in [0.1, 0.15) is 32.4 Å². The van der Waals surface area contributed by atoms with Crippen molar-refractivity contribution in [2.24, 2.45) is 5.92 Å². The Balaban J connectivity index is 2.77. The fourth-order valence-corrected chi connectivity index (χ4v) is 0.987. The summed E-state index contributed by atoms with van der Waals surface area (Å²) >= 11 is 0. The van der Waals surface area contributed by atoms with Gasteiger partial charge in [-0.2, -0.15) is 0 Å². The molecule has 0 saturated carbocycles. The van der Waals surface area contributed by atoms with Crippen molar-refractivity contribution in [2.75, 3.05) is 0 Å². The summed E-state index contributed by atoms with van der Waals surface area (Å²) < 4.78 is 0. The first-order valence-electron chi connectivity index (χ1n) is 4.12. The molecule has 0 radical (unpaired) electrons. The normalized spacial score (nSPS) is 13.1. The van der Waals surface area contributed by atoms with E-state index in [1.165, 1.54) is 5.69 Å². The number of aromatic nitrogens is 1. The van der Waals surface area contributed by atoms with Gasteiger partial charge in [-0.3, -0.25) is 0 Å². The van der Waals surface area contributed by atoms with E-state index in [0.717, 1.165) is 0 Å². The zero-order valence-corrected chi connectivity index (χ0v) is 7.41. The summed E-state index contributed by atoms with van der Waals surface area (Å²) in [4.78, 5) is 4.30. The van der Waals surface area contributed by atoms with Crippen LogP contribution < -0.4 is 0 Å². The Labute approximate surface area is 69.1 Å². The zero-order valence-electron chi connectivity index (χ0n) is 7.41. The molecule has 1 unspecified atom stereocenters. The number of nitrogens with zero attached hydrogens (tertiary/aromatic N) is 1. The molecule has 2 heteroatoms. The van der Waals surface area contributed by atoms with Crippen molar-refractivity contribution in [1.82, 2.24) is 4.89 Å². The van der Waals surface area contributed by atoms with Gasteiger partial charge in [0, 0.05) is 0 Å². The van der Waals surface area contributed by atoms with E-state index in [9.17, 15) is 0 Å². The molecule has 0 aliphatic rings. The summed E-state index contributed by atoms with van der Waals surface area (Å²) in [5, 5.41) is 0. The Kier molecular flexibility index (Phi) is 2.80. The first-order chi connectivity index (χ1) is 5.22. The summed E-state index contributed by atoms with van der Waals surface area (Å²) in [7, 11) is 1.86. The molecule has 1 heterocycles. The van der Waals surface area contributed by atoms with E-state index in [4.69, 9.17) is 0 Å². The quantitative estimate of drug-likeness (QED) is 0.624. The Bertz CT molecular complexity index is 208. The van der Waals surface area contributed by atoms with Gasteiger partial charge < -0.3 is 0 Å². The van der Waals surface area contributed by atoms with Crippen LogP contribution in [0.3, 0.4) is 0 Å². The second-order valence-electron chi connectivity index (χ2n) is 3.29. The van der Waals surface area contributed by atoms with Crippen LogP contribution in [0.5, 0.6) is 0 Å². The van der Waals surface area contributed by atoms with Crippen molar-refractivity contribution in [3.8, 4) is 0 Å². The number of hydrogen-bond donors (Lipinski definition) is 0. The fraction of sp³-hybridized carbons (Fsp3) is 0.556.